The second-order valence-electron chi connectivity index (χ2n) is 8.17. The highest BCUT2D eigenvalue weighted by molar-refractivity contribution is 5.97. The molecule has 11 nitrogen and oxygen atoms in total. The minimum atomic E-state index is -0.674. The Morgan fingerprint density at radius 3 is 2.25 bits per heavy atom. The van der Waals surface area contributed by atoms with Gasteiger partial charge in [-0.25, -0.2) is 15.6 Å². The Labute approximate surface area is 205 Å². The maximum Gasteiger partial charge on any atom is 0.274 e. The molecule has 0 spiro atoms. The molecular formula is C25H24N6O5. The number of hydrogen-bond donors (Lipinski definition) is 5. The predicted octanol–water partition coefficient (Wildman–Crippen LogP) is 2.16. The Bertz CT molecular complexity index is 1390. The summed E-state index contributed by atoms with van der Waals surface area (Å²) in [5.74, 6) is -1.61. The van der Waals surface area contributed by atoms with E-state index in [0.717, 1.165) is 16.3 Å². The molecule has 1 heterocycles. The van der Waals surface area contributed by atoms with Crippen molar-refractivity contribution in [3.05, 3.63) is 95.3 Å². The zero-order valence-corrected chi connectivity index (χ0v) is 19.1. The van der Waals surface area contributed by atoms with Crippen LogP contribution in [0.3, 0.4) is 0 Å². The van der Waals surface area contributed by atoms with Crippen LogP contribution < -0.4 is 16.3 Å². The minimum absolute atomic E-state index is 0.0216. The van der Waals surface area contributed by atoms with Crippen molar-refractivity contribution in [3.8, 4) is 0 Å². The van der Waals surface area contributed by atoms with Gasteiger partial charge in [0.1, 0.15) is 5.69 Å². The number of fused-ring (bicyclic) bond motifs is 1. The standard InChI is InChI=1S/C25H24N6O5/c32-23(28-35)13-22(12-16-5-6-17-3-1-2-4-20(17)11-16)31-15-21(27-30-31)14-26-24(33)18-7-9-19(10-8-18)25(34)29-36/h1-11,15,22,35-36H,12-14H2,(H,26,33)(H,28,32)(H,29,34)/t22-/m1/s1. The predicted molar refractivity (Wildman–Crippen MR) is 128 cm³/mol. The molecule has 0 saturated carbocycles. The monoisotopic (exact) mass is 488 g/mol. The quantitative estimate of drug-likeness (QED) is 0.178. The van der Waals surface area contributed by atoms with Gasteiger partial charge in [0, 0.05) is 11.1 Å². The SMILES string of the molecule is O=C(C[C@@H](Cc1ccc2ccccc2c1)n1cc(CNC(=O)c2ccc(C(=O)NO)cc2)nn1)NO. The second kappa shape index (κ2) is 11.2. The smallest absolute Gasteiger partial charge is 0.274 e. The van der Waals surface area contributed by atoms with Crippen molar-refractivity contribution in [3.63, 3.8) is 0 Å². The van der Waals surface area contributed by atoms with Crippen molar-refractivity contribution in [1.82, 2.24) is 31.3 Å². The van der Waals surface area contributed by atoms with Crippen LogP contribution in [0.5, 0.6) is 0 Å². The van der Waals surface area contributed by atoms with Gasteiger partial charge >= 0.3 is 0 Å². The van der Waals surface area contributed by atoms with E-state index in [9.17, 15) is 14.4 Å². The topological polar surface area (TPSA) is 158 Å². The Balaban J connectivity index is 1.44. The first-order valence-corrected chi connectivity index (χ1v) is 11.1. The summed E-state index contributed by atoms with van der Waals surface area (Å²) in [5, 5.41) is 30.9. The van der Waals surface area contributed by atoms with Crippen molar-refractivity contribution in [2.75, 3.05) is 0 Å². The third kappa shape index (κ3) is 5.90. The number of hydroxylamine groups is 2. The van der Waals surface area contributed by atoms with E-state index in [1.165, 1.54) is 29.7 Å². The highest BCUT2D eigenvalue weighted by Gasteiger charge is 2.19. The lowest BCUT2D eigenvalue weighted by atomic mass is 10.00. The van der Waals surface area contributed by atoms with Crippen LogP contribution in [-0.4, -0.2) is 43.1 Å². The molecule has 0 unspecified atom stereocenters. The Kier molecular flexibility index (Phi) is 7.63. The summed E-state index contributed by atoms with van der Waals surface area (Å²) in [4.78, 5) is 35.8. The minimum Gasteiger partial charge on any atom is -0.346 e. The molecule has 4 rings (SSSR count). The molecule has 36 heavy (non-hydrogen) atoms. The molecule has 1 aromatic heterocycles. The lowest BCUT2D eigenvalue weighted by molar-refractivity contribution is -0.130. The lowest BCUT2D eigenvalue weighted by Crippen LogP contribution is -2.25. The van der Waals surface area contributed by atoms with E-state index in [-0.39, 0.29) is 24.4 Å². The summed E-state index contributed by atoms with van der Waals surface area (Å²) >= 11 is 0. The molecule has 0 aliphatic rings. The number of nitrogens with one attached hydrogen (secondary N) is 3. The molecule has 0 aliphatic heterocycles. The van der Waals surface area contributed by atoms with Crippen LogP contribution in [0.4, 0.5) is 0 Å². The third-order valence-corrected chi connectivity index (χ3v) is 5.70. The molecule has 3 aromatic carbocycles. The van der Waals surface area contributed by atoms with Gasteiger partial charge in [0.25, 0.3) is 11.8 Å². The number of amides is 3. The zero-order valence-electron chi connectivity index (χ0n) is 19.1. The summed E-state index contributed by atoms with van der Waals surface area (Å²) in [5.41, 5.74) is 5.20. The molecule has 3 amide bonds. The van der Waals surface area contributed by atoms with E-state index in [1.54, 1.807) is 16.4 Å². The summed E-state index contributed by atoms with van der Waals surface area (Å²) in [6.45, 7) is 0.0899. The molecular weight excluding hydrogens is 464 g/mol. The Morgan fingerprint density at radius 1 is 0.861 bits per heavy atom. The van der Waals surface area contributed by atoms with Crippen LogP contribution in [0.15, 0.2) is 72.9 Å². The van der Waals surface area contributed by atoms with Crippen LogP contribution in [0.25, 0.3) is 10.8 Å². The van der Waals surface area contributed by atoms with Gasteiger partial charge in [-0.2, -0.15) is 0 Å². The Morgan fingerprint density at radius 2 is 1.56 bits per heavy atom. The number of aromatic nitrogens is 3. The summed E-state index contributed by atoms with van der Waals surface area (Å²) in [6, 6.07) is 19.4. The van der Waals surface area contributed by atoms with E-state index in [1.807, 2.05) is 42.5 Å². The van der Waals surface area contributed by atoms with E-state index in [2.05, 4.69) is 15.6 Å². The number of carbonyl (C=O) groups excluding carboxylic acids is 3. The van der Waals surface area contributed by atoms with E-state index in [4.69, 9.17) is 10.4 Å². The molecule has 0 aliphatic carbocycles. The van der Waals surface area contributed by atoms with Crippen molar-refractivity contribution in [2.24, 2.45) is 0 Å². The maximum atomic E-state index is 12.4. The maximum absolute atomic E-state index is 12.4. The molecule has 11 heteroatoms. The van der Waals surface area contributed by atoms with Crippen LogP contribution in [-0.2, 0) is 17.8 Å². The molecule has 4 aromatic rings. The normalized spacial score (nSPS) is 11.6. The van der Waals surface area contributed by atoms with Gasteiger partial charge in [0.05, 0.1) is 25.2 Å². The fourth-order valence-electron chi connectivity index (χ4n) is 3.84. The fourth-order valence-corrected chi connectivity index (χ4v) is 3.84. The van der Waals surface area contributed by atoms with E-state index < -0.39 is 17.9 Å². The van der Waals surface area contributed by atoms with Crippen molar-refractivity contribution in [2.45, 2.75) is 25.4 Å². The molecule has 0 bridgehead atoms. The van der Waals surface area contributed by atoms with Gasteiger partial charge in [-0.1, -0.05) is 47.7 Å². The van der Waals surface area contributed by atoms with Gasteiger partial charge < -0.3 is 5.32 Å². The number of rotatable bonds is 9. The first kappa shape index (κ1) is 24.5. The molecule has 1 atom stereocenters. The average Bonchev–Trinajstić information content (AvgIpc) is 3.40. The molecule has 184 valence electrons. The lowest BCUT2D eigenvalue weighted by Gasteiger charge is -2.16. The van der Waals surface area contributed by atoms with Gasteiger partial charge in [-0.15, -0.1) is 5.10 Å². The van der Waals surface area contributed by atoms with Crippen molar-refractivity contribution in [1.29, 1.82) is 0 Å². The second-order valence-corrected chi connectivity index (χ2v) is 8.17. The molecule has 0 radical (unpaired) electrons. The van der Waals surface area contributed by atoms with Crippen LogP contribution >= 0.6 is 0 Å². The summed E-state index contributed by atoms with van der Waals surface area (Å²) in [7, 11) is 0. The van der Waals surface area contributed by atoms with Gasteiger partial charge in [0.2, 0.25) is 5.91 Å². The van der Waals surface area contributed by atoms with Crippen LogP contribution in [0, 0.1) is 0 Å². The summed E-state index contributed by atoms with van der Waals surface area (Å²) < 4.78 is 1.55. The molecule has 0 fully saturated rings. The van der Waals surface area contributed by atoms with Gasteiger partial charge in [0.15, 0.2) is 0 Å². The number of hydrogen-bond acceptors (Lipinski definition) is 7. The van der Waals surface area contributed by atoms with Gasteiger partial charge in [-0.05, 0) is 47.0 Å². The Hall–Kier alpha value is -4.61. The highest BCUT2D eigenvalue weighted by Crippen LogP contribution is 2.22. The van der Waals surface area contributed by atoms with E-state index >= 15 is 0 Å². The molecule has 0 saturated heterocycles. The molecule has 5 N–H and O–H groups in total. The number of carbonyl (C=O) groups is 3. The van der Waals surface area contributed by atoms with Crippen molar-refractivity contribution < 1.29 is 24.8 Å². The van der Waals surface area contributed by atoms with Crippen LogP contribution in [0.1, 0.15) is 44.4 Å². The first-order valence-electron chi connectivity index (χ1n) is 11.1. The average molecular weight is 489 g/mol. The van der Waals surface area contributed by atoms with Crippen molar-refractivity contribution >= 4 is 28.5 Å². The van der Waals surface area contributed by atoms with Gasteiger partial charge in [-0.3, -0.25) is 24.8 Å². The zero-order chi connectivity index (χ0) is 25.5. The third-order valence-electron chi connectivity index (χ3n) is 5.70. The number of benzene rings is 3. The fraction of sp³-hybridized carbons (Fsp3) is 0.160. The summed E-state index contributed by atoms with van der Waals surface area (Å²) in [6.07, 6.45) is 2.10. The largest absolute Gasteiger partial charge is 0.346 e. The number of nitrogens with zero attached hydrogens (tertiary/aromatic N) is 3. The first-order chi connectivity index (χ1) is 17.5. The highest BCUT2D eigenvalue weighted by atomic mass is 16.5. The van der Waals surface area contributed by atoms with E-state index in [0.29, 0.717) is 17.7 Å². The van der Waals surface area contributed by atoms with Crippen LogP contribution in [0.2, 0.25) is 0 Å².